The molecule has 0 N–H and O–H groups in total. The highest BCUT2D eigenvalue weighted by Crippen LogP contribution is 2.38. The van der Waals surface area contributed by atoms with Gasteiger partial charge >= 0.3 is 6.18 Å². The first-order valence-electron chi connectivity index (χ1n) is 3.87. The molecule has 0 aromatic carbocycles. The van der Waals surface area contributed by atoms with Gasteiger partial charge in [0.1, 0.15) is 5.69 Å². The summed E-state index contributed by atoms with van der Waals surface area (Å²) in [6.45, 7) is 0. The normalized spacial score (nSPS) is 12.2. The van der Waals surface area contributed by atoms with E-state index in [4.69, 9.17) is 11.6 Å². The van der Waals surface area contributed by atoms with E-state index < -0.39 is 34.4 Å². The summed E-state index contributed by atoms with van der Waals surface area (Å²) in [5.41, 5.74) is -2.39. The Labute approximate surface area is 101 Å². The quantitative estimate of drug-likeness (QED) is 0.573. The van der Waals surface area contributed by atoms with Crippen LogP contribution in [0.1, 0.15) is 23.2 Å². The van der Waals surface area contributed by atoms with E-state index in [-0.39, 0.29) is 5.33 Å². The Kier molecular flexibility index (Phi) is 4.12. The Bertz CT molecular complexity index is 393. The predicted octanol–water partition coefficient (Wildman–Crippen LogP) is 4.59. The van der Waals surface area contributed by atoms with Crippen LogP contribution in [-0.2, 0) is 11.5 Å². The molecule has 0 bridgehead atoms. The molecule has 0 aliphatic carbocycles. The molecule has 0 aliphatic heterocycles. The van der Waals surface area contributed by atoms with Gasteiger partial charge in [0.05, 0.1) is 10.6 Å². The molecule has 0 spiro atoms. The van der Waals surface area contributed by atoms with E-state index in [2.05, 4.69) is 20.9 Å². The summed E-state index contributed by atoms with van der Waals surface area (Å²) in [5.74, 6) is 0. The Hall–Kier alpha value is -0.430. The predicted molar refractivity (Wildman–Crippen MR) is 51.8 cm³/mol. The molecule has 90 valence electrons. The second-order valence-corrected chi connectivity index (χ2v) is 3.72. The van der Waals surface area contributed by atoms with Crippen molar-refractivity contribution < 1.29 is 22.0 Å². The summed E-state index contributed by atoms with van der Waals surface area (Å²) in [7, 11) is 0. The van der Waals surface area contributed by atoms with Gasteiger partial charge in [0.15, 0.2) is 0 Å². The van der Waals surface area contributed by atoms with Crippen LogP contribution in [-0.4, -0.2) is 4.98 Å². The van der Waals surface area contributed by atoms with Gasteiger partial charge in [0.25, 0.3) is 6.43 Å². The fraction of sp³-hybridized carbons (Fsp3) is 0.375. The molecule has 0 atom stereocenters. The van der Waals surface area contributed by atoms with E-state index in [9.17, 15) is 22.0 Å². The fourth-order valence-corrected chi connectivity index (χ4v) is 2.11. The summed E-state index contributed by atoms with van der Waals surface area (Å²) in [6, 6.07) is 0. The second-order valence-electron chi connectivity index (χ2n) is 2.78. The zero-order chi connectivity index (χ0) is 12.5. The van der Waals surface area contributed by atoms with Gasteiger partial charge in [0, 0.05) is 11.5 Å². The van der Waals surface area contributed by atoms with E-state index in [0.29, 0.717) is 6.20 Å². The minimum absolute atomic E-state index is 0.275. The summed E-state index contributed by atoms with van der Waals surface area (Å²) < 4.78 is 62.0. The zero-order valence-corrected chi connectivity index (χ0v) is 9.80. The first-order chi connectivity index (χ1) is 7.29. The molecule has 0 radical (unpaired) electrons. The maximum absolute atomic E-state index is 12.4. The molecule has 8 heteroatoms. The number of nitrogens with zero attached hydrogens (tertiary/aromatic N) is 1. The van der Waals surface area contributed by atoms with Crippen LogP contribution in [0.5, 0.6) is 0 Å². The SMILES string of the molecule is FC(F)c1ncc(C(F)(F)F)c(CBr)c1Cl. The van der Waals surface area contributed by atoms with Gasteiger partial charge in [-0.3, -0.25) is 4.98 Å². The summed E-state index contributed by atoms with van der Waals surface area (Å²) in [6.07, 6.45) is -7.31. The number of hydrogen-bond acceptors (Lipinski definition) is 1. The third kappa shape index (κ3) is 2.63. The van der Waals surface area contributed by atoms with E-state index in [1.807, 2.05) is 0 Å². The molecule has 0 saturated carbocycles. The van der Waals surface area contributed by atoms with Crippen LogP contribution in [0.4, 0.5) is 22.0 Å². The molecular formula is C8H4BrClF5N. The minimum Gasteiger partial charge on any atom is -0.253 e. The topological polar surface area (TPSA) is 12.9 Å². The van der Waals surface area contributed by atoms with Gasteiger partial charge in [-0.15, -0.1) is 0 Å². The maximum atomic E-state index is 12.4. The number of hydrogen-bond donors (Lipinski definition) is 0. The van der Waals surface area contributed by atoms with Crippen molar-refractivity contribution >= 4 is 27.5 Å². The van der Waals surface area contributed by atoms with Crippen LogP contribution in [0.2, 0.25) is 5.02 Å². The van der Waals surface area contributed by atoms with Crippen LogP contribution in [0, 0.1) is 0 Å². The molecule has 0 saturated heterocycles. The number of halogens is 7. The van der Waals surface area contributed by atoms with Gasteiger partial charge in [0.2, 0.25) is 0 Å². The summed E-state index contributed by atoms with van der Waals surface area (Å²) in [4.78, 5) is 3.03. The first kappa shape index (κ1) is 13.6. The van der Waals surface area contributed by atoms with Crippen LogP contribution in [0.15, 0.2) is 6.20 Å². The number of aromatic nitrogens is 1. The Balaban J connectivity index is 3.41. The van der Waals surface area contributed by atoms with Gasteiger partial charge in [-0.2, -0.15) is 13.2 Å². The van der Waals surface area contributed by atoms with Crippen molar-refractivity contribution in [3.05, 3.63) is 28.0 Å². The lowest BCUT2D eigenvalue weighted by molar-refractivity contribution is -0.138. The van der Waals surface area contributed by atoms with Crippen molar-refractivity contribution in [2.75, 3.05) is 0 Å². The number of rotatable bonds is 2. The Morgan fingerprint density at radius 3 is 2.31 bits per heavy atom. The largest absolute Gasteiger partial charge is 0.418 e. The Morgan fingerprint density at radius 2 is 1.94 bits per heavy atom. The smallest absolute Gasteiger partial charge is 0.253 e. The average Bonchev–Trinajstić information content (AvgIpc) is 2.15. The molecular weight excluding hydrogens is 320 g/mol. The minimum atomic E-state index is -4.67. The van der Waals surface area contributed by atoms with Crippen molar-refractivity contribution in [1.82, 2.24) is 4.98 Å². The fourth-order valence-electron chi connectivity index (χ4n) is 1.07. The van der Waals surface area contributed by atoms with Gasteiger partial charge in [-0.1, -0.05) is 27.5 Å². The molecule has 0 aliphatic rings. The van der Waals surface area contributed by atoms with Crippen LogP contribution in [0.25, 0.3) is 0 Å². The molecule has 1 rings (SSSR count). The van der Waals surface area contributed by atoms with Crippen LogP contribution in [0.3, 0.4) is 0 Å². The van der Waals surface area contributed by atoms with Crippen molar-refractivity contribution in [3.63, 3.8) is 0 Å². The van der Waals surface area contributed by atoms with Gasteiger partial charge < -0.3 is 0 Å². The average molecular weight is 324 g/mol. The van der Waals surface area contributed by atoms with E-state index in [1.165, 1.54) is 0 Å². The first-order valence-corrected chi connectivity index (χ1v) is 5.37. The van der Waals surface area contributed by atoms with E-state index in [1.54, 1.807) is 0 Å². The molecule has 1 nitrogen and oxygen atoms in total. The zero-order valence-electron chi connectivity index (χ0n) is 7.45. The van der Waals surface area contributed by atoms with Crippen molar-refractivity contribution in [3.8, 4) is 0 Å². The lowest BCUT2D eigenvalue weighted by atomic mass is 10.1. The second kappa shape index (κ2) is 4.83. The van der Waals surface area contributed by atoms with Crippen LogP contribution >= 0.6 is 27.5 Å². The lowest BCUT2D eigenvalue weighted by Gasteiger charge is -2.14. The summed E-state index contributed by atoms with van der Waals surface area (Å²) >= 11 is 8.22. The van der Waals surface area contributed by atoms with Gasteiger partial charge in [-0.05, 0) is 5.56 Å². The van der Waals surface area contributed by atoms with E-state index in [0.717, 1.165) is 0 Å². The maximum Gasteiger partial charge on any atom is 0.418 e. The highest BCUT2D eigenvalue weighted by atomic mass is 79.9. The molecule has 0 fully saturated rings. The van der Waals surface area contributed by atoms with Crippen molar-refractivity contribution in [1.29, 1.82) is 0 Å². The molecule has 1 heterocycles. The number of alkyl halides is 6. The highest BCUT2D eigenvalue weighted by Gasteiger charge is 2.35. The van der Waals surface area contributed by atoms with Crippen LogP contribution < -0.4 is 0 Å². The molecule has 0 unspecified atom stereocenters. The molecule has 1 aromatic rings. The van der Waals surface area contributed by atoms with Crippen molar-refractivity contribution in [2.24, 2.45) is 0 Å². The van der Waals surface area contributed by atoms with E-state index >= 15 is 0 Å². The standard InChI is InChI=1S/C8H4BrClF5N/c9-1-3-4(8(13,14)15)2-16-6(5(3)10)7(11)12/h2,7H,1H2. The lowest BCUT2D eigenvalue weighted by Crippen LogP contribution is -2.11. The number of pyridine rings is 1. The molecule has 1 aromatic heterocycles. The monoisotopic (exact) mass is 323 g/mol. The molecule has 16 heavy (non-hydrogen) atoms. The summed E-state index contributed by atoms with van der Waals surface area (Å²) in [5, 5.41) is -0.926. The molecule has 0 amide bonds. The third-order valence-electron chi connectivity index (χ3n) is 1.79. The Morgan fingerprint density at radius 1 is 1.38 bits per heavy atom. The van der Waals surface area contributed by atoms with Gasteiger partial charge in [-0.25, -0.2) is 8.78 Å². The van der Waals surface area contributed by atoms with Crippen molar-refractivity contribution in [2.45, 2.75) is 17.9 Å². The highest BCUT2D eigenvalue weighted by molar-refractivity contribution is 9.08. The third-order valence-corrected chi connectivity index (χ3v) is 2.78.